The summed E-state index contributed by atoms with van der Waals surface area (Å²) in [6.45, 7) is 0. The number of nitrogens with zero attached hydrogens (tertiary/aromatic N) is 4. The smallest absolute Gasteiger partial charge is 0.164 e. The molecule has 0 saturated heterocycles. The fraction of sp³-hybridized carbons (Fsp3) is 0. The number of thiophene rings is 1. The SMILES string of the molecule is c1ccc(-c2nc(-c3ccccc3)nc(-c3ccc4oc5ccc(-c6cccc7c6sc6ccc(-n8c9ccccc9c9ccccc98)cc67)cc5c4c3)n2)cc1. The molecule has 0 N–H and O–H groups in total. The molecule has 8 aromatic carbocycles. The first kappa shape index (κ1) is 31.9. The Balaban J connectivity index is 0.988. The molecule has 6 heteroatoms. The molecule has 0 aliphatic heterocycles. The van der Waals surface area contributed by atoms with Crippen molar-refractivity contribution in [3.63, 3.8) is 0 Å². The van der Waals surface area contributed by atoms with E-state index in [4.69, 9.17) is 19.4 Å². The minimum absolute atomic E-state index is 0.616. The quantitative estimate of drug-likeness (QED) is 0.176. The van der Waals surface area contributed by atoms with Crippen molar-refractivity contribution < 1.29 is 4.42 Å². The van der Waals surface area contributed by atoms with Crippen LogP contribution in [0.4, 0.5) is 0 Å². The van der Waals surface area contributed by atoms with E-state index in [0.717, 1.165) is 49.9 Å². The average Bonchev–Trinajstić information content (AvgIpc) is 3.95. The Hall–Kier alpha value is -7.41. The fourth-order valence-corrected chi connectivity index (χ4v) is 9.59. The molecule has 0 bridgehead atoms. The summed E-state index contributed by atoms with van der Waals surface area (Å²) in [5, 5.41) is 7.12. The zero-order valence-electron chi connectivity index (χ0n) is 30.4. The largest absolute Gasteiger partial charge is 0.456 e. The van der Waals surface area contributed by atoms with Gasteiger partial charge >= 0.3 is 0 Å². The number of hydrogen-bond donors (Lipinski definition) is 0. The Kier molecular flexibility index (Phi) is 7.03. The van der Waals surface area contributed by atoms with Crippen LogP contribution in [0.5, 0.6) is 0 Å². The zero-order chi connectivity index (χ0) is 37.5. The molecule has 0 unspecified atom stereocenters. The first-order valence-corrected chi connectivity index (χ1v) is 19.8. The molecule has 4 heterocycles. The Morgan fingerprint density at radius 2 is 0.930 bits per heavy atom. The highest BCUT2D eigenvalue weighted by atomic mass is 32.1. The van der Waals surface area contributed by atoms with Crippen LogP contribution in [0.1, 0.15) is 0 Å². The average molecular weight is 747 g/mol. The van der Waals surface area contributed by atoms with Gasteiger partial charge in [-0.2, -0.15) is 0 Å². The van der Waals surface area contributed by atoms with Crippen LogP contribution >= 0.6 is 11.3 Å². The third-order valence-electron chi connectivity index (χ3n) is 11.1. The van der Waals surface area contributed by atoms with E-state index in [9.17, 15) is 0 Å². The highest BCUT2D eigenvalue weighted by molar-refractivity contribution is 7.26. The van der Waals surface area contributed by atoms with Gasteiger partial charge in [0, 0.05) is 64.1 Å². The molecule has 0 fully saturated rings. The second-order valence-electron chi connectivity index (χ2n) is 14.4. The van der Waals surface area contributed by atoms with Crippen LogP contribution in [0, 0.1) is 0 Å². The van der Waals surface area contributed by atoms with E-state index >= 15 is 0 Å². The number of fused-ring (bicyclic) bond motifs is 9. The van der Waals surface area contributed by atoms with Gasteiger partial charge in [-0.15, -0.1) is 11.3 Å². The lowest BCUT2D eigenvalue weighted by Crippen LogP contribution is -2.00. The number of rotatable bonds is 5. The van der Waals surface area contributed by atoms with Crippen LogP contribution in [-0.4, -0.2) is 19.5 Å². The second-order valence-corrected chi connectivity index (χ2v) is 15.4. The van der Waals surface area contributed by atoms with Gasteiger partial charge in [-0.05, 0) is 71.8 Å². The number of benzene rings is 8. The normalized spacial score (nSPS) is 11.9. The Morgan fingerprint density at radius 3 is 1.58 bits per heavy atom. The predicted molar refractivity (Wildman–Crippen MR) is 236 cm³/mol. The van der Waals surface area contributed by atoms with Gasteiger partial charge in [0.15, 0.2) is 17.5 Å². The first-order valence-electron chi connectivity index (χ1n) is 19.0. The highest BCUT2D eigenvalue weighted by Crippen LogP contribution is 2.43. The number of furan rings is 1. The lowest BCUT2D eigenvalue weighted by Gasteiger charge is -2.08. The minimum Gasteiger partial charge on any atom is -0.456 e. The summed E-state index contributed by atoms with van der Waals surface area (Å²) in [5.74, 6) is 1.89. The lowest BCUT2D eigenvalue weighted by molar-refractivity contribution is 0.669. The molecule has 12 aromatic rings. The van der Waals surface area contributed by atoms with Crippen molar-refractivity contribution in [1.82, 2.24) is 19.5 Å². The standard InChI is InChI=1S/C51H30N4OS/c1-3-12-31(13-4-1)49-52-50(32-14-5-2-6-15-32)54-51(53-49)34-23-26-46-41(29-34)40-28-33(22-25-45(40)56-46)36-18-11-19-39-42-30-35(24-27-47(42)57-48(36)39)55-43-20-9-7-16-37(43)38-17-8-10-21-44(38)55/h1-30H. The van der Waals surface area contributed by atoms with Gasteiger partial charge in [0.1, 0.15) is 11.2 Å². The van der Waals surface area contributed by atoms with Crippen molar-refractivity contribution in [3.05, 3.63) is 182 Å². The lowest BCUT2D eigenvalue weighted by atomic mass is 10.00. The van der Waals surface area contributed by atoms with Crippen LogP contribution in [0.2, 0.25) is 0 Å². The first-order chi connectivity index (χ1) is 28.2. The molecule has 0 saturated carbocycles. The van der Waals surface area contributed by atoms with E-state index in [1.165, 1.54) is 47.5 Å². The third kappa shape index (κ3) is 5.12. The van der Waals surface area contributed by atoms with E-state index in [1.807, 2.05) is 84.1 Å². The molecule has 266 valence electrons. The van der Waals surface area contributed by atoms with Crippen molar-refractivity contribution in [2.75, 3.05) is 0 Å². The van der Waals surface area contributed by atoms with Crippen molar-refractivity contribution in [1.29, 1.82) is 0 Å². The Bertz CT molecular complexity index is 3420. The minimum atomic E-state index is 0.616. The maximum absolute atomic E-state index is 6.41. The summed E-state index contributed by atoms with van der Waals surface area (Å²) in [6.07, 6.45) is 0. The number of para-hydroxylation sites is 2. The van der Waals surface area contributed by atoms with Gasteiger partial charge in [0.05, 0.1) is 11.0 Å². The van der Waals surface area contributed by atoms with Gasteiger partial charge in [-0.1, -0.05) is 121 Å². The van der Waals surface area contributed by atoms with E-state index in [1.54, 1.807) is 0 Å². The van der Waals surface area contributed by atoms with Crippen molar-refractivity contribution in [3.8, 4) is 51.0 Å². The summed E-state index contributed by atoms with van der Waals surface area (Å²) in [6, 6.07) is 63.9. The molecule has 0 atom stereocenters. The summed E-state index contributed by atoms with van der Waals surface area (Å²) < 4.78 is 11.3. The molecule has 0 aliphatic carbocycles. The third-order valence-corrected chi connectivity index (χ3v) is 12.3. The van der Waals surface area contributed by atoms with Gasteiger partial charge in [-0.25, -0.2) is 15.0 Å². The molecule has 0 amide bonds. The molecule has 0 spiro atoms. The monoisotopic (exact) mass is 746 g/mol. The molecular formula is C51H30N4OS. The van der Waals surface area contributed by atoms with E-state index in [2.05, 4.69) is 114 Å². The van der Waals surface area contributed by atoms with Crippen LogP contribution in [0.15, 0.2) is 186 Å². The molecule has 4 aromatic heterocycles. The van der Waals surface area contributed by atoms with E-state index in [-0.39, 0.29) is 0 Å². The molecule has 57 heavy (non-hydrogen) atoms. The van der Waals surface area contributed by atoms with Gasteiger partial charge in [-0.3, -0.25) is 0 Å². The van der Waals surface area contributed by atoms with Crippen molar-refractivity contribution in [2.24, 2.45) is 0 Å². The molecule has 12 rings (SSSR count). The molecule has 0 radical (unpaired) electrons. The van der Waals surface area contributed by atoms with Crippen molar-refractivity contribution in [2.45, 2.75) is 0 Å². The molecule has 0 aliphatic rings. The Labute approximate surface area is 330 Å². The summed E-state index contributed by atoms with van der Waals surface area (Å²) >= 11 is 1.85. The summed E-state index contributed by atoms with van der Waals surface area (Å²) in [5.41, 5.74) is 10.4. The number of hydrogen-bond acceptors (Lipinski definition) is 5. The highest BCUT2D eigenvalue weighted by Gasteiger charge is 2.18. The second kappa shape index (κ2) is 12.6. The number of aromatic nitrogens is 4. The van der Waals surface area contributed by atoms with E-state index in [0.29, 0.717) is 17.5 Å². The van der Waals surface area contributed by atoms with Crippen molar-refractivity contribution >= 4 is 75.3 Å². The Morgan fingerprint density at radius 1 is 0.386 bits per heavy atom. The molecule has 5 nitrogen and oxygen atoms in total. The van der Waals surface area contributed by atoms with Gasteiger partial charge in [0.25, 0.3) is 0 Å². The predicted octanol–water partition coefficient (Wildman–Crippen LogP) is 13.9. The zero-order valence-corrected chi connectivity index (χ0v) is 31.2. The van der Waals surface area contributed by atoms with E-state index < -0.39 is 0 Å². The maximum Gasteiger partial charge on any atom is 0.164 e. The van der Waals surface area contributed by atoms with Gasteiger partial charge in [0.2, 0.25) is 0 Å². The fourth-order valence-electron chi connectivity index (χ4n) is 8.38. The van der Waals surface area contributed by atoms with Crippen LogP contribution in [0.25, 0.3) is 115 Å². The summed E-state index contributed by atoms with van der Waals surface area (Å²) in [4.78, 5) is 14.9. The van der Waals surface area contributed by atoms with Crippen LogP contribution < -0.4 is 0 Å². The maximum atomic E-state index is 6.41. The summed E-state index contributed by atoms with van der Waals surface area (Å²) in [7, 11) is 0. The molecular weight excluding hydrogens is 717 g/mol. The van der Waals surface area contributed by atoms with Crippen LogP contribution in [-0.2, 0) is 0 Å². The van der Waals surface area contributed by atoms with Gasteiger partial charge < -0.3 is 8.98 Å². The topological polar surface area (TPSA) is 56.7 Å². The van der Waals surface area contributed by atoms with Crippen LogP contribution in [0.3, 0.4) is 0 Å².